The predicted octanol–water partition coefficient (Wildman–Crippen LogP) is 3.27. The molecule has 2 N–H and O–H groups in total. The van der Waals surface area contributed by atoms with E-state index in [9.17, 15) is 23.4 Å². The summed E-state index contributed by atoms with van der Waals surface area (Å²) in [5, 5.41) is 30.6. The molecule has 0 spiro atoms. The van der Waals surface area contributed by atoms with Crippen molar-refractivity contribution in [2.75, 3.05) is 4.90 Å². The van der Waals surface area contributed by atoms with Gasteiger partial charge in [0.15, 0.2) is 6.35 Å². The van der Waals surface area contributed by atoms with Crippen LogP contribution in [0.5, 0.6) is 0 Å². The Hall–Kier alpha value is -2.60. The van der Waals surface area contributed by atoms with Gasteiger partial charge in [0.2, 0.25) is 0 Å². The van der Waals surface area contributed by atoms with E-state index in [0.29, 0.717) is 6.54 Å². The van der Waals surface area contributed by atoms with E-state index in [1.54, 1.807) is 18.7 Å². The molecule has 0 aliphatic carbocycles. The minimum atomic E-state index is -4.73. The Morgan fingerprint density at radius 1 is 1.11 bits per heavy atom. The lowest BCUT2D eigenvalue weighted by atomic mass is 10.0. The molecule has 2 aromatic carbocycles. The lowest BCUT2D eigenvalue weighted by molar-refractivity contribution is -0.137. The van der Waals surface area contributed by atoms with Crippen molar-refractivity contribution in [1.29, 1.82) is 5.26 Å². The van der Waals surface area contributed by atoms with Crippen LogP contribution in [-0.2, 0) is 12.7 Å². The van der Waals surface area contributed by atoms with E-state index >= 15 is 0 Å². The van der Waals surface area contributed by atoms with E-state index in [0.717, 1.165) is 22.6 Å². The SMILES string of the molecule is CC1(C)C(O)N(c2ccc(C#N)c(C(F)(F)F)c2)C(O)N1Cc1ccccc1. The molecule has 1 aliphatic heterocycles. The highest BCUT2D eigenvalue weighted by atomic mass is 19.4. The van der Waals surface area contributed by atoms with Crippen LogP contribution in [0.25, 0.3) is 0 Å². The Bertz CT molecular complexity index is 894. The second-order valence-electron chi connectivity index (χ2n) is 7.23. The van der Waals surface area contributed by atoms with Gasteiger partial charge in [0.25, 0.3) is 0 Å². The van der Waals surface area contributed by atoms with Gasteiger partial charge in [-0.15, -0.1) is 0 Å². The number of alkyl halides is 3. The van der Waals surface area contributed by atoms with Crippen molar-refractivity contribution >= 4 is 5.69 Å². The molecule has 1 saturated heterocycles. The van der Waals surface area contributed by atoms with Crippen LogP contribution in [0.15, 0.2) is 48.5 Å². The van der Waals surface area contributed by atoms with Gasteiger partial charge in [0.1, 0.15) is 6.23 Å². The zero-order valence-electron chi connectivity index (χ0n) is 15.4. The van der Waals surface area contributed by atoms with Gasteiger partial charge in [-0.1, -0.05) is 30.3 Å². The van der Waals surface area contributed by atoms with E-state index in [4.69, 9.17) is 5.26 Å². The van der Waals surface area contributed by atoms with Crippen molar-refractivity contribution in [1.82, 2.24) is 4.90 Å². The van der Waals surface area contributed by atoms with Gasteiger partial charge in [0, 0.05) is 12.2 Å². The predicted molar refractivity (Wildman–Crippen MR) is 96.7 cm³/mol. The van der Waals surface area contributed by atoms with Crippen molar-refractivity contribution in [2.24, 2.45) is 0 Å². The minimum absolute atomic E-state index is 0.0186. The number of nitrogens with zero attached hydrogens (tertiary/aromatic N) is 3. The number of rotatable bonds is 3. The zero-order chi connectivity index (χ0) is 20.7. The van der Waals surface area contributed by atoms with Crippen LogP contribution in [0.2, 0.25) is 0 Å². The summed E-state index contributed by atoms with van der Waals surface area (Å²) in [5.41, 5.74) is -1.69. The highest BCUT2D eigenvalue weighted by Gasteiger charge is 2.51. The summed E-state index contributed by atoms with van der Waals surface area (Å²) in [5.74, 6) is 0. The topological polar surface area (TPSA) is 70.7 Å². The van der Waals surface area contributed by atoms with E-state index in [1.165, 1.54) is 12.1 Å². The van der Waals surface area contributed by atoms with E-state index < -0.39 is 35.4 Å². The van der Waals surface area contributed by atoms with E-state index in [1.807, 2.05) is 30.3 Å². The smallest absolute Gasteiger partial charge is 0.372 e. The second kappa shape index (κ2) is 7.09. The molecule has 5 nitrogen and oxygen atoms in total. The highest BCUT2D eigenvalue weighted by Crippen LogP contribution is 2.40. The molecule has 1 aliphatic rings. The molecule has 0 aromatic heterocycles. The van der Waals surface area contributed by atoms with Crippen molar-refractivity contribution in [2.45, 2.75) is 44.7 Å². The molecule has 0 saturated carbocycles. The average molecular weight is 391 g/mol. The lowest BCUT2D eigenvalue weighted by Crippen LogP contribution is -2.46. The molecule has 0 radical (unpaired) electrons. The molecule has 2 atom stereocenters. The molecule has 8 heteroatoms. The summed E-state index contributed by atoms with van der Waals surface area (Å²) in [7, 11) is 0. The van der Waals surface area contributed by atoms with Gasteiger partial charge in [0.05, 0.1) is 22.7 Å². The van der Waals surface area contributed by atoms with Crippen LogP contribution in [0, 0.1) is 11.3 Å². The first-order chi connectivity index (χ1) is 13.1. The number of benzene rings is 2. The first kappa shape index (κ1) is 20.1. The fraction of sp³-hybridized carbons (Fsp3) is 0.350. The molecular formula is C20H20F3N3O2. The quantitative estimate of drug-likeness (QED) is 0.840. The average Bonchev–Trinajstić information content (AvgIpc) is 2.81. The van der Waals surface area contributed by atoms with Crippen LogP contribution < -0.4 is 4.90 Å². The van der Waals surface area contributed by atoms with Crippen LogP contribution in [0.3, 0.4) is 0 Å². The lowest BCUT2D eigenvalue weighted by Gasteiger charge is -2.32. The van der Waals surface area contributed by atoms with Crippen LogP contribution in [-0.4, -0.2) is 33.2 Å². The van der Waals surface area contributed by atoms with Crippen LogP contribution in [0.1, 0.15) is 30.5 Å². The maximum Gasteiger partial charge on any atom is 0.417 e. The summed E-state index contributed by atoms with van der Waals surface area (Å²) in [6.07, 6.45) is -7.34. The summed E-state index contributed by atoms with van der Waals surface area (Å²) in [4.78, 5) is 2.73. The van der Waals surface area contributed by atoms with Crippen LogP contribution >= 0.6 is 0 Å². The molecule has 1 fully saturated rings. The number of aliphatic hydroxyl groups excluding tert-OH is 2. The minimum Gasteiger partial charge on any atom is -0.372 e. The number of halogens is 3. The fourth-order valence-corrected chi connectivity index (χ4v) is 3.43. The summed E-state index contributed by atoms with van der Waals surface area (Å²) in [6.45, 7) is 3.71. The maximum absolute atomic E-state index is 13.3. The van der Waals surface area contributed by atoms with Gasteiger partial charge in [-0.25, -0.2) is 4.90 Å². The van der Waals surface area contributed by atoms with Gasteiger partial charge >= 0.3 is 6.18 Å². The first-order valence-electron chi connectivity index (χ1n) is 8.64. The summed E-state index contributed by atoms with van der Waals surface area (Å²) in [6, 6.07) is 13.9. The molecule has 28 heavy (non-hydrogen) atoms. The highest BCUT2D eigenvalue weighted by molar-refractivity contribution is 5.56. The molecule has 2 aromatic rings. The number of hydrogen-bond donors (Lipinski definition) is 2. The molecule has 2 unspecified atom stereocenters. The first-order valence-corrected chi connectivity index (χ1v) is 8.64. The number of nitriles is 1. The van der Waals surface area contributed by atoms with Crippen molar-refractivity contribution in [3.8, 4) is 6.07 Å². The molecular weight excluding hydrogens is 371 g/mol. The third kappa shape index (κ3) is 3.44. The molecule has 0 amide bonds. The van der Waals surface area contributed by atoms with Crippen LogP contribution in [0.4, 0.5) is 18.9 Å². The molecule has 0 bridgehead atoms. The summed E-state index contributed by atoms with van der Waals surface area (Å²) >= 11 is 0. The van der Waals surface area contributed by atoms with Gasteiger partial charge in [-0.2, -0.15) is 18.4 Å². The standard InChI is InChI=1S/C20H20F3N3O2/c1-19(2)17(27)26(18(28)25(19)12-13-6-4-3-5-7-13)15-9-8-14(11-24)16(10-15)20(21,22)23/h3-10,17-18,27-28H,12H2,1-2H3. The van der Waals surface area contributed by atoms with Gasteiger partial charge in [-0.05, 0) is 37.6 Å². The third-order valence-corrected chi connectivity index (χ3v) is 5.09. The monoisotopic (exact) mass is 391 g/mol. The number of anilines is 1. The Labute approximate surface area is 160 Å². The largest absolute Gasteiger partial charge is 0.417 e. The van der Waals surface area contributed by atoms with Crippen molar-refractivity contribution in [3.63, 3.8) is 0 Å². The molecule has 148 valence electrons. The Morgan fingerprint density at radius 2 is 1.75 bits per heavy atom. The maximum atomic E-state index is 13.3. The number of hydrogen-bond acceptors (Lipinski definition) is 5. The molecule has 1 heterocycles. The Kier molecular flexibility index (Phi) is 5.10. The third-order valence-electron chi connectivity index (χ3n) is 5.09. The number of aliphatic hydroxyl groups is 2. The van der Waals surface area contributed by atoms with Gasteiger partial charge < -0.3 is 15.1 Å². The van der Waals surface area contributed by atoms with Crippen molar-refractivity contribution < 1.29 is 23.4 Å². The van der Waals surface area contributed by atoms with Crippen molar-refractivity contribution in [3.05, 3.63) is 65.2 Å². The van der Waals surface area contributed by atoms with E-state index in [-0.39, 0.29) is 5.69 Å². The Morgan fingerprint density at radius 3 is 2.32 bits per heavy atom. The fourth-order valence-electron chi connectivity index (χ4n) is 3.43. The molecule has 3 rings (SSSR count). The normalized spacial score (nSPS) is 22.3. The Balaban J connectivity index is 2.00. The van der Waals surface area contributed by atoms with Gasteiger partial charge in [-0.3, -0.25) is 0 Å². The summed E-state index contributed by atoms with van der Waals surface area (Å²) < 4.78 is 39.9. The zero-order valence-corrected chi connectivity index (χ0v) is 15.4. The van der Waals surface area contributed by atoms with E-state index in [2.05, 4.69) is 0 Å². The second-order valence-corrected chi connectivity index (χ2v) is 7.23.